The Kier molecular flexibility index (Phi) is 0.884. The van der Waals surface area contributed by atoms with E-state index in [1.165, 1.54) is 19.3 Å². The van der Waals surface area contributed by atoms with Crippen LogP contribution in [0.1, 0.15) is 19.3 Å². The van der Waals surface area contributed by atoms with Gasteiger partial charge in [-0.3, -0.25) is 5.32 Å². The first-order valence-corrected chi connectivity index (χ1v) is 3.63. The van der Waals surface area contributed by atoms with E-state index in [1.807, 2.05) is 0 Å². The molecule has 1 N–H and O–H groups in total. The van der Waals surface area contributed by atoms with Crippen LogP contribution in [0.4, 0.5) is 0 Å². The minimum absolute atomic E-state index is 0.0677. The van der Waals surface area contributed by atoms with Gasteiger partial charge in [0.05, 0.1) is 5.00 Å². The maximum Gasteiger partial charge on any atom is 0.0968 e. The van der Waals surface area contributed by atoms with E-state index in [4.69, 9.17) is 11.6 Å². The zero-order valence-electron chi connectivity index (χ0n) is 4.78. The van der Waals surface area contributed by atoms with Crippen molar-refractivity contribution in [3.63, 3.8) is 0 Å². The minimum Gasteiger partial charge on any atom is -0.299 e. The second kappa shape index (κ2) is 1.39. The van der Waals surface area contributed by atoms with Crippen molar-refractivity contribution in [2.45, 2.75) is 24.3 Å². The van der Waals surface area contributed by atoms with E-state index in [0.29, 0.717) is 0 Å². The number of hydrogen-bond donors (Lipinski definition) is 1. The van der Waals surface area contributed by atoms with Crippen LogP contribution >= 0.6 is 11.6 Å². The molecule has 8 heavy (non-hydrogen) atoms. The molecule has 46 valence electrons. The van der Waals surface area contributed by atoms with Crippen LogP contribution in [0.5, 0.6) is 0 Å². The molecule has 1 heterocycles. The van der Waals surface area contributed by atoms with E-state index in [2.05, 4.69) is 5.32 Å². The lowest BCUT2D eigenvalue weighted by Crippen LogP contribution is -2.32. The van der Waals surface area contributed by atoms with Crippen molar-refractivity contribution in [1.29, 1.82) is 0 Å². The van der Waals surface area contributed by atoms with Gasteiger partial charge in [-0.2, -0.15) is 0 Å². The quantitative estimate of drug-likeness (QED) is 0.386. The largest absolute Gasteiger partial charge is 0.299 e. The number of hydrogen-bond acceptors (Lipinski definition) is 1. The normalized spacial score (nSPS) is 52.9. The monoisotopic (exact) mass is 131 g/mol. The van der Waals surface area contributed by atoms with Crippen LogP contribution in [0.15, 0.2) is 0 Å². The Labute approximate surface area is 54.4 Å². The number of fused-ring (bicyclic) bond motifs is 1. The van der Waals surface area contributed by atoms with Crippen LogP contribution in [0.25, 0.3) is 0 Å². The summed E-state index contributed by atoms with van der Waals surface area (Å²) in [7, 11) is 0. The molecule has 2 atom stereocenters. The highest BCUT2D eigenvalue weighted by atomic mass is 35.5. The maximum atomic E-state index is 6.03. The highest BCUT2D eigenvalue weighted by Gasteiger charge is 2.53. The molecular weight excluding hydrogens is 122 g/mol. The Balaban J connectivity index is 2.04. The Hall–Kier alpha value is 0.250. The minimum atomic E-state index is 0.0677. The molecule has 0 amide bonds. The van der Waals surface area contributed by atoms with Crippen molar-refractivity contribution in [3.8, 4) is 0 Å². The van der Waals surface area contributed by atoms with Gasteiger partial charge in [-0.25, -0.2) is 0 Å². The molecule has 0 aromatic carbocycles. The Morgan fingerprint density at radius 3 is 3.00 bits per heavy atom. The fourth-order valence-corrected chi connectivity index (χ4v) is 1.88. The van der Waals surface area contributed by atoms with E-state index in [1.54, 1.807) is 0 Å². The van der Waals surface area contributed by atoms with Crippen molar-refractivity contribution in [3.05, 3.63) is 0 Å². The Bertz CT molecular complexity index is 113. The molecule has 2 heteroatoms. The average Bonchev–Trinajstić information content (AvgIpc) is 2.39. The predicted octanol–water partition coefficient (Wildman–Crippen LogP) is 1.32. The summed E-state index contributed by atoms with van der Waals surface area (Å²) in [5.41, 5.74) is 0. The molecule has 0 radical (unpaired) electrons. The van der Waals surface area contributed by atoms with E-state index < -0.39 is 0 Å². The van der Waals surface area contributed by atoms with Crippen LogP contribution in [0, 0.1) is 5.92 Å². The number of nitrogens with one attached hydrogen (secondary N) is 1. The predicted molar refractivity (Wildman–Crippen MR) is 33.9 cm³/mol. The van der Waals surface area contributed by atoms with Gasteiger partial charge >= 0.3 is 0 Å². The third-order valence-electron chi connectivity index (χ3n) is 2.18. The second-order valence-electron chi connectivity index (χ2n) is 2.83. The van der Waals surface area contributed by atoms with Crippen molar-refractivity contribution in [2.75, 3.05) is 6.54 Å². The molecule has 1 nitrogen and oxygen atoms in total. The number of rotatable bonds is 0. The molecule has 2 rings (SSSR count). The van der Waals surface area contributed by atoms with Crippen LogP contribution < -0.4 is 5.32 Å². The highest BCUT2D eigenvalue weighted by molar-refractivity contribution is 6.25. The number of piperidine rings is 1. The molecule has 2 aliphatic rings. The molecule has 1 aliphatic heterocycles. The zero-order valence-corrected chi connectivity index (χ0v) is 5.54. The molecular formula is C6H10ClN. The van der Waals surface area contributed by atoms with Gasteiger partial charge in [-0.05, 0) is 31.7 Å². The number of halogens is 1. The molecule has 2 unspecified atom stereocenters. The average molecular weight is 132 g/mol. The van der Waals surface area contributed by atoms with E-state index in [9.17, 15) is 0 Å². The summed E-state index contributed by atoms with van der Waals surface area (Å²) in [6, 6.07) is 0. The fraction of sp³-hybridized carbons (Fsp3) is 1.00. The van der Waals surface area contributed by atoms with Gasteiger partial charge in [0.25, 0.3) is 0 Å². The summed E-state index contributed by atoms with van der Waals surface area (Å²) < 4.78 is 0. The maximum absolute atomic E-state index is 6.03. The van der Waals surface area contributed by atoms with Crippen molar-refractivity contribution in [1.82, 2.24) is 5.32 Å². The highest BCUT2D eigenvalue weighted by Crippen LogP contribution is 2.51. The van der Waals surface area contributed by atoms with Gasteiger partial charge in [0, 0.05) is 0 Å². The first kappa shape index (κ1) is 5.07. The summed E-state index contributed by atoms with van der Waals surface area (Å²) >= 11 is 6.03. The van der Waals surface area contributed by atoms with Crippen LogP contribution in [-0.4, -0.2) is 11.5 Å². The van der Waals surface area contributed by atoms with Crippen molar-refractivity contribution >= 4 is 11.6 Å². The molecule has 2 fully saturated rings. The lowest BCUT2D eigenvalue weighted by molar-refractivity contribution is 0.474. The molecule has 1 aliphatic carbocycles. The SMILES string of the molecule is ClC12CC1CCCN2. The second-order valence-corrected chi connectivity index (χ2v) is 3.51. The van der Waals surface area contributed by atoms with E-state index >= 15 is 0 Å². The summed E-state index contributed by atoms with van der Waals surface area (Å²) in [4.78, 5) is 0.0677. The standard InChI is InChI=1S/C6H10ClN/c7-6-4-5(6)2-1-3-8-6/h5,8H,1-4H2. The van der Waals surface area contributed by atoms with Gasteiger partial charge in [-0.1, -0.05) is 0 Å². The van der Waals surface area contributed by atoms with Gasteiger partial charge in [0.2, 0.25) is 0 Å². The lowest BCUT2D eigenvalue weighted by atomic mass is 10.2. The molecule has 1 saturated carbocycles. The third kappa shape index (κ3) is 0.579. The van der Waals surface area contributed by atoms with Crippen LogP contribution in [-0.2, 0) is 0 Å². The smallest absolute Gasteiger partial charge is 0.0968 e. The van der Waals surface area contributed by atoms with E-state index in [0.717, 1.165) is 12.5 Å². The number of alkyl halides is 1. The Morgan fingerprint density at radius 1 is 1.62 bits per heavy atom. The lowest BCUT2D eigenvalue weighted by Gasteiger charge is -2.16. The fourth-order valence-electron chi connectivity index (χ4n) is 1.49. The van der Waals surface area contributed by atoms with Gasteiger partial charge in [0.1, 0.15) is 0 Å². The van der Waals surface area contributed by atoms with E-state index in [-0.39, 0.29) is 5.00 Å². The van der Waals surface area contributed by atoms with Crippen molar-refractivity contribution < 1.29 is 0 Å². The van der Waals surface area contributed by atoms with Gasteiger partial charge < -0.3 is 0 Å². The summed E-state index contributed by atoms with van der Waals surface area (Å²) in [6.45, 7) is 1.12. The molecule has 1 saturated heterocycles. The molecule has 0 aromatic rings. The summed E-state index contributed by atoms with van der Waals surface area (Å²) in [5.74, 6) is 0.804. The Morgan fingerprint density at radius 2 is 2.50 bits per heavy atom. The topological polar surface area (TPSA) is 12.0 Å². The zero-order chi connectivity index (χ0) is 5.61. The molecule has 0 aromatic heterocycles. The summed E-state index contributed by atoms with van der Waals surface area (Å²) in [5, 5.41) is 3.30. The van der Waals surface area contributed by atoms with Gasteiger partial charge in [-0.15, -0.1) is 11.6 Å². The van der Waals surface area contributed by atoms with Crippen LogP contribution in [0.2, 0.25) is 0 Å². The third-order valence-corrected chi connectivity index (χ3v) is 2.78. The first-order valence-electron chi connectivity index (χ1n) is 3.25. The van der Waals surface area contributed by atoms with Crippen molar-refractivity contribution in [2.24, 2.45) is 5.92 Å². The molecule has 0 spiro atoms. The molecule has 0 bridgehead atoms. The van der Waals surface area contributed by atoms with Crippen LogP contribution in [0.3, 0.4) is 0 Å². The van der Waals surface area contributed by atoms with Gasteiger partial charge in [0.15, 0.2) is 0 Å². The summed E-state index contributed by atoms with van der Waals surface area (Å²) in [6.07, 6.45) is 3.87. The first-order chi connectivity index (χ1) is 3.81.